The van der Waals surface area contributed by atoms with E-state index >= 15 is 0 Å². The summed E-state index contributed by atoms with van der Waals surface area (Å²) in [5.41, 5.74) is 0.113. The Hall–Kier alpha value is -0.940. The van der Waals surface area contributed by atoms with Crippen molar-refractivity contribution in [2.45, 2.75) is 38.5 Å². The third-order valence-corrected chi connectivity index (χ3v) is 4.44. The molecule has 1 saturated heterocycles. The fourth-order valence-electron chi connectivity index (χ4n) is 1.82. The van der Waals surface area contributed by atoms with Gasteiger partial charge in [0.1, 0.15) is 0 Å². The van der Waals surface area contributed by atoms with Crippen LogP contribution in [0.2, 0.25) is 0 Å². The van der Waals surface area contributed by atoms with Gasteiger partial charge in [-0.1, -0.05) is 20.8 Å². The van der Waals surface area contributed by atoms with Crippen LogP contribution in [0.3, 0.4) is 0 Å². The average molecular weight is 255 g/mol. The molecule has 1 unspecified atom stereocenters. The second kappa shape index (κ2) is 4.38. The van der Waals surface area contributed by atoms with Crippen molar-refractivity contribution in [3.63, 3.8) is 0 Å². The van der Waals surface area contributed by atoms with Crippen LogP contribution in [0.15, 0.2) is 0 Å². The first-order valence-electron chi connectivity index (χ1n) is 5.72. The van der Waals surface area contributed by atoms with Crippen LogP contribution in [-0.2, 0) is 10.2 Å². The van der Waals surface area contributed by atoms with E-state index in [2.05, 4.69) is 4.98 Å². The molecule has 0 spiro atoms. The molecule has 1 atom stereocenters. The summed E-state index contributed by atoms with van der Waals surface area (Å²) in [6.45, 7) is 7.48. The molecule has 0 aliphatic carbocycles. The van der Waals surface area contributed by atoms with Crippen molar-refractivity contribution in [2.24, 2.45) is 0 Å². The van der Waals surface area contributed by atoms with E-state index < -0.39 is 5.97 Å². The molecule has 2 heterocycles. The molecule has 1 N–H and O–H groups in total. The van der Waals surface area contributed by atoms with Crippen LogP contribution in [0.25, 0.3) is 0 Å². The Morgan fingerprint density at radius 1 is 1.53 bits per heavy atom. The summed E-state index contributed by atoms with van der Waals surface area (Å²) >= 11 is 1.52. The van der Waals surface area contributed by atoms with E-state index in [1.54, 1.807) is 0 Å². The number of aromatic nitrogens is 1. The standard InChI is InChI=1S/C12H17NO3S/c1-12(2,3)11-13-8(10(14)15)9(17-11)7-4-5-16-6-7/h7H,4-6H2,1-3H3,(H,14,15). The van der Waals surface area contributed by atoms with Gasteiger partial charge in [-0.05, 0) is 6.42 Å². The molecule has 1 fully saturated rings. The number of carboxylic acid groups (broad SMARTS) is 1. The molecule has 2 rings (SSSR count). The third kappa shape index (κ3) is 2.50. The highest BCUT2D eigenvalue weighted by Gasteiger charge is 2.30. The van der Waals surface area contributed by atoms with Crippen molar-refractivity contribution in [2.75, 3.05) is 13.2 Å². The largest absolute Gasteiger partial charge is 0.476 e. The molecular weight excluding hydrogens is 238 g/mol. The summed E-state index contributed by atoms with van der Waals surface area (Å²) in [5.74, 6) is -0.728. The van der Waals surface area contributed by atoms with Crippen LogP contribution in [0.5, 0.6) is 0 Å². The molecule has 0 bridgehead atoms. The first-order chi connectivity index (χ1) is 7.89. The van der Waals surface area contributed by atoms with E-state index in [1.165, 1.54) is 11.3 Å². The molecule has 94 valence electrons. The highest BCUT2D eigenvalue weighted by molar-refractivity contribution is 7.12. The molecule has 5 heteroatoms. The molecule has 17 heavy (non-hydrogen) atoms. The quantitative estimate of drug-likeness (QED) is 0.882. The predicted octanol–water partition coefficient (Wildman–Crippen LogP) is 2.64. The van der Waals surface area contributed by atoms with E-state index in [9.17, 15) is 9.90 Å². The van der Waals surface area contributed by atoms with Gasteiger partial charge in [-0.25, -0.2) is 9.78 Å². The highest BCUT2D eigenvalue weighted by Crippen LogP contribution is 2.36. The molecule has 4 nitrogen and oxygen atoms in total. The monoisotopic (exact) mass is 255 g/mol. The number of rotatable bonds is 2. The number of hydrogen-bond donors (Lipinski definition) is 1. The molecule has 1 aliphatic heterocycles. The Bertz CT molecular complexity index is 427. The lowest BCUT2D eigenvalue weighted by Crippen LogP contribution is -2.11. The Labute approximate surface area is 105 Å². The Balaban J connectivity index is 2.42. The lowest BCUT2D eigenvalue weighted by Gasteiger charge is -2.13. The Morgan fingerprint density at radius 3 is 2.71 bits per heavy atom. The second-order valence-electron chi connectivity index (χ2n) is 5.35. The van der Waals surface area contributed by atoms with Gasteiger partial charge in [0, 0.05) is 22.8 Å². The number of nitrogens with zero attached hydrogens (tertiary/aromatic N) is 1. The van der Waals surface area contributed by atoms with Crippen LogP contribution in [0.1, 0.15) is 53.5 Å². The van der Waals surface area contributed by atoms with E-state index in [4.69, 9.17) is 4.74 Å². The topological polar surface area (TPSA) is 59.4 Å². The zero-order valence-corrected chi connectivity index (χ0v) is 11.1. The minimum absolute atomic E-state index is 0.105. The number of carboxylic acids is 1. The number of thiazole rings is 1. The smallest absolute Gasteiger partial charge is 0.355 e. The lowest BCUT2D eigenvalue weighted by molar-refractivity contribution is 0.0689. The first kappa shape index (κ1) is 12.5. The molecule has 1 aliphatic rings. The first-order valence-corrected chi connectivity index (χ1v) is 6.53. The lowest BCUT2D eigenvalue weighted by atomic mass is 9.98. The maximum absolute atomic E-state index is 11.2. The SMILES string of the molecule is CC(C)(C)c1nc(C(=O)O)c(C2CCOC2)s1. The number of aromatic carboxylic acids is 1. The van der Waals surface area contributed by atoms with Crippen molar-refractivity contribution in [1.82, 2.24) is 4.98 Å². The molecule has 1 aromatic rings. The fourth-order valence-corrected chi connectivity index (χ4v) is 3.06. The fraction of sp³-hybridized carbons (Fsp3) is 0.667. The van der Waals surface area contributed by atoms with Crippen molar-refractivity contribution in [3.8, 4) is 0 Å². The van der Waals surface area contributed by atoms with Gasteiger partial charge in [-0.3, -0.25) is 0 Å². The van der Waals surface area contributed by atoms with E-state index in [-0.39, 0.29) is 17.0 Å². The van der Waals surface area contributed by atoms with Crippen LogP contribution >= 0.6 is 11.3 Å². The van der Waals surface area contributed by atoms with Gasteiger partial charge in [0.05, 0.1) is 11.6 Å². The summed E-state index contributed by atoms with van der Waals surface area (Å²) in [6, 6.07) is 0. The van der Waals surface area contributed by atoms with E-state index in [1.807, 2.05) is 20.8 Å². The molecule has 0 aromatic carbocycles. The maximum atomic E-state index is 11.2. The zero-order chi connectivity index (χ0) is 12.6. The van der Waals surface area contributed by atoms with Gasteiger partial charge in [-0.2, -0.15) is 0 Å². The zero-order valence-electron chi connectivity index (χ0n) is 10.3. The number of carbonyl (C=O) groups is 1. The van der Waals surface area contributed by atoms with Crippen molar-refractivity contribution in [1.29, 1.82) is 0 Å². The van der Waals surface area contributed by atoms with Crippen LogP contribution < -0.4 is 0 Å². The Morgan fingerprint density at radius 2 is 2.24 bits per heavy atom. The molecule has 0 radical (unpaired) electrons. The maximum Gasteiger partial charge on any atom is 0.355 e. The van der Waals surface area contributed by atoms with Gasteiger partial charge in [-0.15, -0.1) is 11.3 Å². The van der Waals surface area contributed by atoms with E-state index in [0.717, 1.165) is 16.3 Å². The number of ether oxygens (including phenoxy) is 1. The van der Waals surface area contributed by atoms with Crippen LogP contribution in [-0.4, -0.2) is 29.3 Å². The molecular formula is C12H17NO3S. The minimum atomic E-state index is -0.932. The van der Waals surface area contributed by atoms with Gasteiger partial charge in [0.2, 0.25) is 0 Å². The van der Waals surface area contributed by atoms with Crippen LogP contribution in [0.4, 0.5) is 0 Å². The molecule has 1 aromatic heterocycles. The third-order valence-electron chi connectivity index (χ3n) is 2.80. The predicted molar refractivity (Wildman–Crippen MR) is 66.0 cm³/mol. The van der Waals surface area contributed by atoms with Crippen molar-refractivity contribution in [3.05, 3.63) is 15.6 Å². The summed E-state index contributed by atoms with van der Waals surface area (Å²) in [6.07, 6.45) is 0.895. The second-order valence-corrected chi connectivity index (χ2v) is 6.38. The highest BCUT2D eigenvalue weighted by atomic mass is 32.1. The van der Waals surface area contributed by atoms with Gasteiger partial charge in [0.15, 0.2) is 5.69 Å². The number of hydrogen-bond acceptors (Lipinski definition) is 4. The summed E-state index contributed by atoms with van der Waals surface area (Å²) in [5, 5.41) is 10.1. The Kier molecular flexibility index (Phi) is 3.23. The van der Waals surface area contributed by atoms with Gasteiger partial charge < -0.3 is 9.84 Å². The molecule has 0 amide bonds. The molecule has 0 saturated carbocycles. The van der Waals surface area contributed by atoms with Gasteiger partial charge >= 0.3 is 5.97 Å². The van der Waals surface area contributed by atoms with Crippen LogP contribution in [0, 0.1) is 0 Å². The van der Waals surface area contributed by atoms with Crippen molar-refractivity contribution < 1.29 is 14.6 Å². The van der Waals surface area contributed by atoms with Gasteiger partial charge in [0.25, 0.3) is 0 Å². The average Bonchev–Trinajstić information content (AvgIpc) is 2.85. The van der Waals surface area contributed by atoms with Crippen molar-refractivity contribution >= 4 is 17.3 Å². The normalized spacial score (nSPS) is 20.8. The summed E-state index contributed by atoms with van der Waals surface area (Å²) < 4.78 is 5.33. The van der Waals surface area contributed by atoms with E-state index in [0.29, 0.717) is 13.2 Å². The summed E-state index contributed by atoms with van der Waals surface area (Å²) in [7, 11) is 0. The summed E-state index contributed by atoms with van der Waals surface area (Å²) in [4.78, 5) is 16.4. The minimum Gasteiger partial charge on any atom is -0.476 e.